The summed E-state index contributed by atoms with van der Waals surface area (Å²) >= 11 is 6.01. The minimum absolute atomic E-state index is 0.00649. The number of anilines is 2. The number of ketones is 1. The van der Waals surface area contributed by atoms with Crippen LogP contribution in [0.1, 0.15) is 40.2 Å². The molecule has 4 rings (SSSR count). The SMILES string of the molecule is Cc1cc(C(=O)c2ccc(N3CCCC3)c(N)c2)c(C)n1-c1ccc(Cl)cc1. The van der Waals surface area contributed by atoms with Crippen molar-refractivity contribution in [2.45, 2.75) is 26.7 Å². The zero-order valence-corrected chi connectivity index (χ0v) is 17.0. The number of hydrogen-bond donors (Lipinski definition) is 1. The molecular weight excluding hydrogens is 370 g/mol. The summed E-state index contributed by atoms with van der Waals surface area (Å²) in [5, 5.41) is 0.691. The van der Waals surface area contributed by atoms with Gasteiger partial charge in [-0.05, 0) is 75.2 Å². The van der Waals surface area contributed by atoms with Crippen molar-refractivity contribution < 1.29 is 4.79 Å². The number of aryl methyl sites for hydroxylation is 1. The van der Waals surface area contributed by atoms with Crippen LogP contribution in [0, 0.1) is 13.8 Å². The molecule has 1 aliphatic heterocycles. The van der Waals surface area contributed by atoms with Crippen molar-refractivity contribution in [1.29, 1.82) is 0 Å². The van der Waals surface area contributed by atoms with E-state index in [0.29, 0.717) is 21.8 Å². The van der Waals surface area contributed by atoms with Gasteiger partial charge in [-0.3, -0.25) is 4.79 Å². The van der Waals surface area contributed by atoms with E-state index < -0.39 is 0 Å². The summed E-state index contributed by atoms with van der Waals surface area (Å²) in [4.78, 5) is 15.5. The van der Waals surface area contributed by atoms with Gasteiger partial charge in [0.15, 0.2) is 5.78 Å². The molecule has 0 aliphatic carbocycles. The maximum absolute atomic E-state index is 13.2. The van der Waals surface area contributed by atoms with E-state index in [2.05, 4.69) is 9.47 Å². The molecule has 0 saturated carbocycles. The molecule has 0 spiro atoms. The molecule has 0 amide bonds. The average molecular weight is 394 g/mol. The van der Waals surface area contributed by atoms with Gasteiger partial charge in [-0.25, -0.2) is 0 Å². The number of nitrogens with two attached hydrogens (primary N) is 1. The van der Waals surface area contributed by atoms with Gasteiger partial charge in [-0.2, -0.15) is 0 Å². The Balaban J connectivity index is 1.68. The highest BCUT2D eigenvalue weighted by atomic mass is 35.5. The van der Waals surface area contributed by atoms with Crippen LogP contribution in [-0.2, 0) is 0 Å². The van der Waals surface area contributed by atoms with Crippen LogP contribution in [0.2, 0.25) is 5.02 Å². The van der Waals surface area contributed by atoms with Crippen LogP contribution in [0.15, 0.2) is 48.5 Å². The topological polar surface area (TPSA) is 51.3 Å². The van der Waals surface area contributed by atoms with Crippen LogP contribution < -0.4 is 10.6 Å². The molecule has 1 saturated heterocycles. The Morgan fingerprint density at radius 1 is 1.00 bits per heavy atom. The molecule has 5 heteroatoms. The number of aromatic nitrogens is 1. The number of nitrogen functional groups attached to an aromatic ring is 1. The largest absolute Gasteiger partial charge is 0.397 e. The molecule has 0 bridgehead atoms. The molecule has 4 nitrogen and oxygen atoms in total. The molecule has 1 aromatic heterocycles. The molecule has 0 radical (unpaired) electrons. The summed E-state index contributed by atoms with van der Waals surface area (Å²) in [6.07, 6.45) is 2.38. The van der Waals surface area contributed by atoms with Gasteiger partial charge < -0.3 is 15.2 Å². The minimum Gasteiger partial charge on any atom is -0.397 e. The van der Waals surface area contributed by atoms with E-state index in [1.54, 1.807) is 0 Å². The Hall–Kier alpha value is -2.72. The molecule has 2 heterocycles. The Morgan fingerprint density at radius 3 is 2.32 bits per heavy atom. The van der Waals surface area contributed by atoms with Crippen molar-refractivity contribution >= 4 is 28.8 Å². The molecule has 0 unspecified atom stereocenters. The maximum Gasteiger partial charge on any atom is 0.194 e. The number of carbonyl (C=O) groups is 1. The van der Waals surface area contributed by atoms with Gasteiger partial charge in [0.25, 0.3) is 0 Å². The fraction of sp³-hybridized carbons (Fsp3) is 0.261. The van der Waals surface area contributed by atoms with Gasteiger partial charge in [-0.15, -0.1) is 0 Å². The van der Waals surface area contributed by atoms with E-state index in [9.17, 15) is 4.79 Å². The molecule has 3 aromatic rings. The molecule has 28 heavy (non-hydrogen) atoms. The lowest BCUT2D eigenvalue weighted by Gasteiger charge is -2.20. The first-order chi connectivity index (χ1) is 13.5. The van der Waals surface area contributed by atoms with Crippen LogP contribution >= 0.6 is 11.6 Å². The second kappa shape index (κ2) is 7.36. The van der Waals surface area contributed by atoms with Crippen LogP contribution in [0.25, 0.3) is 5.69 Å². The predicted molar refractivity (Wildman–Crippen MR) is 116 cm³/mol. The summed E-state index contributed by atoms with van der Waals surface area (Å²) in [5.74, 6) is -0.00649. The van der Waals surface area contributed by atoms with Crippen molar-refractivity contribution in [2.75, 3.05) is 23.7 Å². The number of benzene rings is 2. The monoisotopic (exact) mass is 393 g/mol. The highest BCUT2D eigenvalue weighted by Gasteiger charge is 2.20. The molecule has 1 fully saturated rings. The first-order valence-corrected chi connectivity index (χ1v) is 9.97. The lowest BCUT2D eigenvalue weighted by atomic mass is 10.0. The zero-order valence-electron chi connectivity index (χ0n) is 16.2. The molecule has 2 aromatic carbocycles. The number of carbonyl (C=O) groups excluding carboxylic acids is 1. The maximum atomic E-state index is 13.2. The normalized spacial score (nSPS) is 13.9. The highest BCUT2D eigenvalue weighted by Crippen LogP contribution is 2.30. The first kappa shape index (κ1) is 18.6. The third-order valence-electron chi connectivity index (χ3n) is 5.50. The lowest BCUT2D eigenvalue weighted by molar-refractivity contribution is 0.103. The van der Waals surface area contributed by atoms with Crippen molar-refractivity contribution in [1.82, 2.24) is 4.57 Å². The van der Waals surface area contributed by atoms with E-state index in [1.807, 2.05) is 62.4 Å². The van der Waals surface area contributed by atoms with E-state index in [4.69, 9.17) is 17.3 Å². The Kier molecular flexibility index (Phi) is 4.90. The van der Waals surface area contributed by atoms with Gasteiger partial charge >= 0.3 is 0 Å². The Morgan fingerprint density at radius 2 is 1.68 bits per heavy atom. The Bertz CT molecular complexity index is 1030. The number of hydrogen-bond acceptors (Lipinski definition) is 3. The van der Waals surface area contributed by atoms with E-state index in [1.165, 1.54) is 12.8 Å². The summed E-state index contributed by atoms with van der Waals surface area (Å²) in [7, 11) is 0. The van der Waals surface area contributed by atoms with Crippen molar-refractivity contribution in [3.63, 3.8) is 0 Å². The Labute approximate surface area is 170 Å². The van der Waals surface area contributed by atoms with Crippen molar-refractivity contribution in [2.24, 2.45) is 0 Å². The second-order valence-corrected chi connectivity index (χ2v) is 7.83. The van der Waals surface area contributed by atoms with Gasteiger partial charge in [0.05, 0.1) is 11.4 Å². The molecule has 144 valence electrons. The standard InChI is InChI=1S/C23H24ClN3O/c1-15-13-20(16(2)27(15)19-8-6-18(24)7-9-19)23(28)17-5-10-22(21(25)14-17)26-11-3-4-12-26/h5-10,13-14H,3-4,11-12,25H2,1-2H3. The average Bonchev–Trinajstić information content (AvgIpc) is 3.30. The van der Waals surface area contributed by atoms with Crippen molar-refractivity contribution in [3.05, 3.63) is 76.1 Å². The van der Waals surface area contributed by atoms with Crippen LogP contribution in [0.3, 0.4) is 0 Å². The summed E-state index contributed by atoms with van der Waals surface area (Å²) in [6, 6.07) is 15.2. The molecule has 1 aliphatic rings. The lowest BCUT2D eigenvalue weighted by Crippen LogP contribution is -2.19. The summed E-state index contributed by atoms with van der Waals surface area (Å²) < 4.78 is 2.07. The fourth-order valence-corrected chi connectivity index (χ4v) is 4.20. The van der Waals surface area contributed by atoms with Gasteiger partial charge in [0, 0.05) is 46.3 Å². The second-order valence-electron chi connectivity index (χ2n) is 7.39. The number of nitrogens with zero attached hydrogens (tertiary/aromatic N) is 2. The number of halogens is 1. The van der Waals surface area contributed by atoms with Crippen LogP contribution in [0.5, 0.6) is 0 Å². The zero-order chi connectivity index (χ0) is 19.8. The van der Waals surface area contributed by atoms with Crippen molar-refractivity contribution in [3.8, 4) is 5.69 Å². The van der Waals surface area contributed by atoms with Crippen LogP contribution in [0.4, 0.5) is 11.4 Å². The smallest absolute Gasteiger partial charge is 0.194 e. The van der Waals surface area contributed by atoms with Gasteiger partial charge in [0.2, 0.25) is 0 Å². The van der Waals surface area contributed by atoms with E-state index >= 15 is 0 Å². The molecule has 2 N–H and O–H groups in total. The quantitative estimate of drug-likeness (QED) is 0.492. The number of rotatable bonds is 4. The van der Waals surface area contributed by atoms with Gasteiger partial charge in [-0.1, -0.05) is 11.6 Å². The third-order valence-corrected chi connectivity index (χ3v) is 5.75. The molecule has 0 atom stereocenters. The summed E-state index contributed by atoms with van der Waals surface area (Å²) in [6.45, 7) is 6.03. The first-order valence-electron chi connectivity index (χ1n) is 9.60. The third kappa shape index (κ3) is 3.29. The minimum atomic E-state index is -0.00649. The highest BCUT2D eigenvalue weighted by molar-refractivity contribution is 6.30. The molecular formula is C23H24ClN3O. The van der Waals surface area contributed by atoms with E-state index in [-0.39, 0.29) is 5.78 Å². The fourth-order valence-electron chi connectivity index (χ4n) is 4.08. The summed E-state index contributed by atoms with van der Waals surface area (Å²) in [5.41, 5.74) is 12.2. The predicted octanol–water partition coefficient (Wildman–Crippen LogP) is 5.16. The van der Waals surface area contributed by atoms with Crippen LogP contribution in [-0.4, -0.2) is 23.4 Å². The van der Waals surface area contributed by atoms with Gasteiger partial charge in [0.1, 0.15) is 0 Å². The van der Waals surface area contributed by atoms with E-state index in [0.717, 1.165) is 35.9 Å².